The van der Waals surface area contributed by atoms with Crippen LogP contribution in [0.5, 0.6) is 11.5 Å². The molecule has 0 fully saturated rings. The van der Waals surface area contributed by atoms with Gasteiger partial charge in [-0.25, -0.2) is 0 Å². The number of benzene rings is 2. The second-order valence-corrected chi connectivity index (χ2v) is 5.72. The molecule has 1 amide bonds. The van der Waals surface area contributed by atoms with Gasteiger partial charge >= 0.3 is 0 Å². The maximum absolute atomic E-state index is 11.7. The van der Waals surface area contributed by atoms with Crippen molar-refractivity contribution in [3.05, 3.63) is 58.1 Å². The predicted octanol–water partition coefficient (Wildman–Crippen LogP) is 3.88. The Hall–Kier alpha value is -1.91. The Bertz CT molecular complexity index is 659. The van der Waals surface area contributed by atoms with Crippen LogP contribution < -0.4 is 14.8 Å². The van der Waals surface area contributed by atoms with Crippen LogP contribution in [0.4, 0.5) is 0 Å². The molecule has 23 heavy (non-hydrogen) atoms. The fraction of sp³-hybridized carbons (Fsp3) is 0.235. The standard InChI is InChI=1S/C17H17Cl2NO3/c1-12-2-7-15(19)16(10-12)22-9-8-20-17(21)11-23-14-5-3-13(18)4-6-14/h2-7,10H,8-9,11H2,1H3,(H,20,21). The van der Waals surface area contributed by atoms with Crippen LogP contribution in [0.2, 0.25) is 10.0 Å². The third kappa shape index (κ3) is 6.00. The van der Waals surface area contributed by atoms with E-state index in [1.54, 1.807) is 30.3 Å². The highest BCUT2D eigenvalue weighted by Crippen LogP contribution is 2.24. The summed E-state index contributed by atoms with van der Waals surface area (Å²) in [6, 6.07) is 12.4. The molecule has 0 atom stereocenters. The van der Waals surface area contributed by atoms with Crippen LogP contribution in [0.15, 0.2) is 42.5 Å². The van der Waals surface area contributed by atoms with Crippen molar-refractivity contribution in [1.29, 1.82) is 0 Å². The molecule has 0 heterocycles. The number of halogens is 2. The Kier molecular flexibility index (Phi) is 6.56. The quantitative estimate of drug-likeness (QED) is 0.768. The first-order chi connectivity index (χ1) is 11.0. The third-order valence-electron chi connectivity index (χ3n) is 2.95. The lowest BCUT2D eigenvalue weighted by Gasteiger charge is -2.10. The summed E-state index contributed by atoms with van der Waals surface area (Å²) in [5.74, 6) is 0.976. The lowest BCUT2D eigenvalue weighted by molar-refractivity contribution is -0.123. The fourth-order valence-corrected chi connectivity index (χ4v) is 2.10. The number of carbonyl (C=O) groups excluding carboxylic acids is 1. The Morgan fingerprint density at radius 3 is 2.57 bits per heavy atom. The van der Waals surface area contributed by atoms with Crippen molar-refractivity contribution in [2.75, 3.05) is 19.8 Å². The number of carbonyl (C=O) groups is 1. The van der Waals surface area contributed by atoms with Gasteiger partial charge < -0.3 is 14.8 Å². The minimum absolute atomic E-state index is 0.0627. The van der Waals surface area contributed by atoms with Gasteiger partial charge in [-0.15, -0.1) is 0 Å². The molecule has 0 saturated carbocycles. The lowest BCUT2D eigenvalue weighted by atomic mass is 10.2. The van der Waals surface area contributed by atoms with Crippen LogP contribution in [0, 0.1) is 6.92 Å². The number of amides is 1. The molecule has 0 unspecified atom stereocenters. The van der Waals surface area contributed by atoms with Crippen LogP contribution in [-0.2, 0) is 4.79 Å². The molecule has 122 valence electrons. The molecule has 2 aromatic rings. The first kappa shape index (κ1) is 17.4. The van der Waals surface area contributed by atoms with E-state index in [4.69, 9.17) is 32.7 Å². The predicted molar refractivity (Wildman–Crippen MR) is 91.6 cm³/mol. The normalized spacial score (nSPS) is 10.2. The zero-order valence-electron chi connectivity index (χ0n) is 12.6. The highest BCUT2D eigenvalue weighted by molar-refractivity contribution is 6.32. The molecule has 6 heteroatoms. The van der Waals surface area contributed by atoms with Gasteiger partial charge in [-0.1, -0.05) is 29.3 Å². The molecular formula is C17H17Cl2NO3. The molecule has 0 aromatic heterocycles. The van der Waals surface area contributed by atoms with Gasteiger partial charge in [-0.05, 0) is 48.9 Å². The number of aryl methyl sites for hydroxylation is 1. The molecule has 2 aromatic carbocycles. The summed E-state index contributed by atoms with van der Waals surface area (Å²) >= 11 is 11.8. The van der Waals surface area contributed by atoms with Crippen LogP contribution in [0.25, 0.3) is 0 Å². The number of hydrogen-bond acceptors (Lipinski definition) is 3. The monoisotopic (exact) mass is 353 g/mol. The van der Waals surface area contributed by atoms with Crippen molar-refractivity contribution in [3.8, 4) is 11.5 Å². The van der Waals surface area contributed by atoms with Crippen LogP contribution in [0.3, 0.4) is 0 Å². The second kappa shape index (κ2) is 8.65. The maximum Gasteiger partial charge on any atom is 0.258 e. The van der Waals surface area contributed by atoms with E-state index < -0.39 is 0 Å². The highest BCUT2D eigenvalue weighted by atomic mass is 35.5. The zero-order chi connectivity index (χ0) is 16.7. The van der Waals surface area contributed by atoms with Gasteiger partial charge in [0.1, 0.15) is 18.1 Å². The summed E-state index contributed by atoms with van der Waals surface area (Å²) in [5.41, 5.74) is 1.06. The minimum Gasteiger partial charge on any atom is -0.490 e. The molecule has 0 saturated heterocycles. The summed E-state index contributed by atoms with van der Waals surface area (Å²) in [7, 11) is 0. The largest absolute Gasteiger partial charge is 0.490 e. The van der Waals surface area contributed by atoms with E-state index in [9.17, 15) is 4.79 Å². The molecule has 0 spiro atoms. The fourth-order valence-electron chi connectivity index (χ4n) is 1.80. The van der Waals surface area contributed by atoms with Gasteiger partial charge in [0.15, 0.2) is 6.61 Å². The molecule has 0 radical (unpaired) electrons. The van der Waals surface area contributed by atoms with E-state index in [0.29, 0.717) is 34.7 Å². The van der Waals surface area contributed by atoms with Gasteiger partial charge in [0.25, 0.3) is 5.91 Å². The van der Waals surface area contributed by atoms with Gasteiger partial charge in [0.05, 0.1) is 11.6 Å². The van der Waals surface area contributed by atoms with Crippen LogP contribution in [-0.4, -0.2) is 25.7 Å². The van der Waals surface area contributed by atoms with Gasteiger partial charge in [0.2, 0.25) is 0 Å². The molecule has 0 bridgehead atoms. The van der Waals surface area contributed by atoms with E-state index >= 15 is 0 Å². The minimum atomic E-state index is -0.223. The van der Waals surface area contributed by atoms with Crippen molar-refractivity contribution in [1.82, 2.24) is 5.32 Å². The average molecular weight is 354 g/mol. The van der Waals surface area contributed by atoms with E-state index in [0.717, 1.165) is 5.56 Å². The highest BCUT2D eigenvalue weighted by Gasteiger charge is 2.04. The third-order valence-corrected chi connectivity index (χ3v) is 3.52. The van der Waals surface area contributed by atoms with E-state index in [1.165, 1.54) is 0 Å². The molecule has 0 aliphatic heterocycles. The van der Waals surface area contributed by atoms with Gasteiger partial charge in [-0.3, -0.25) is 4.79 Å². The molecule has 1 N–H and O–H groups in total. The summed E-state index contributed by atoms with van der Waals surface area (Å²) in [6.07, 6.45) is 0. The SMILES string of the molecule is Cc1ccc(Cl)c(OCCNC(=O)COc2ccc(Cl)cc2)c1. The summed E-state index contributed by atoms with van der Waals surface area (Å²) in [5, 5.41) is 3.88. The molecule has 4 nitrogen and oxygen atoms in total. The number of rotatable bonds is 7. The zero-order valence-corrected chi connectivity index (χ0v) is 14.2. The van der Waals surface area contributed by atoms with E-state index in [1.807, 2.05) is 19.1 Å². The van der Waals surface area contributed by atoms with Crippen molar-refractivity contribution in [2.24, 2.45) is 0 Å². The van der Waals surface area contributed by atoms with Gasteiger partial charge in [-0.2, -0.15) is 0 Å². The van der Waals surface area contributed by atoms with Crippen molar-refractivity contribution < 1.29 is 14.3 Å². The Labute approximate surface area is 145 Å². The first-order valence-corrected chi connectivity index (χ1v) is 7.84. The Morgan fingerprint density at radius 2 is 1.83 bits per heavy atom. The Morgan fingerprint density at radius 1 is 1.09 bits per heavy atom. The summed E-state index contributed by atoms with van der Waals surface area (Å²) in [6.45, 7) is 2.59. The molecule has 2 rings (SSSR count). The maximum atomic E-state index is 11.7. The van der Waals surface area contributed by atoms with Gasteiger partial charge in [0, 0.05) is 5.02 Å². The van der Waals surface area contributed by atoms with Crippen molar-refractivity contribution in [3.63, 3.8) is 0 Å². The summed E-state index contributed by atoms with van der Waals surface area (Å²) < 4.78 is 10.9. The van der Waals surface area contributed by atoms with Crippen LogP contribution >= 0.6 is 23.2 Å². The molecule has 0 aliphatic rings. The summed E-state index contributed by atoms with van der Waals surface area (Å²) in [4.78, 5) is 11.7. The first-order valence-electron chi connectivity index (χ1n) is 7.08. The number of nitrogens with one attached hydrogen (secondary N) is 1. The number of ether oxygens (including phenoxy) is 2. The van der Waals surface area contributed by atoms with Crippen molar-refractivity contribution in [2.45, 2.75) is 6.92 Å². The number of hydrogen-bond donors (Lipinski definition) is 1. The average Bonchev–Trinajstić information content (AvgIpc) is 2.54. The lowest BCUT2D eigenvalue weighted by Crippen LogP contribution is -2.32. The Balaban J connectivity index is 1.66. The molecule has 0 aliphatic carbocycles. The topological polar surface area (TPSA) is 47.6 Å². The van der Waals surface area contributed by atoms with E-state index in [-0.39, 0.29) is 12.5 Å². The van der Waals surface area contributed by atoms with Crippen molar-refractivity contribution >= 4 is 29.1 Å². The smallest absolute Gasteiger partial charge is 0.258 e. The van der Waals surface area contributed by atoms with E-state index in [2.05, 4.69) is 5.32 Å². The van der Waals surface area contributed by atoms with Crippen LogP contribution in [0.1, 0.15) is 5.56 Å². The molecular weight excluding hydrogens is 337 g/mol. The second-order valence-electron chi connectivity index (χ2n) is 4.87.